The monoisotopic (exact) mass is 281 g/mol. The number of aromatic nitrogens is 2. The number of anilines is 1. The van der Waals surface area contributed by atoms with Gasteiger partial charge in [-0.25, -0.2) is 5.84 Å². The van der Waals surface area contributed by atoms with E-state index in [2.05, 4.69) is 20.9 Å². The summed E-state index contributed by atoms with van der Waals surface area (Å²) in [7, 11) is 0. The van der Waals surface area contributed by atoms with Crippen molar-refractivity contribution < 1.29 is 4.42 Å². The summed E-state index contributed by atoms with van der Waals surface area (Å²) in [5, 5.41) is 11.6. The first-order valence-corrected chi connectivity index (χ1v) is 6.61. The number of hydrogen-bond acceptors (Lipinski definition) is 6. The lowest BCUT2D eigenvalue weighted by atomic mass is 10.2. The van der Waals surface area contributed by atoms with Crippen LogP contribution in [0.25, 0.3) is 11.5 Å². The number of thiocarbonyl (C=S) groups is 1. The van der Waals surface area contributed by atoms with Crippen LogP contribution in [0.5, 0.6) is 0 Å². The minimum Gasteiger partial charge on any atom is -0.411 e. The van der Waals surface area contributed by atoms with Gasteiger partial charge in [-0.3, -0.25) is 0 Å². The van der Waals surface area contributed by atoms with Gasteiger partial charge >= 0.3 is 0 Å². The number of rotatable bonds is 3. The maximum absolute atomic E-state index is 5.44. The van der Waals surface area contributed by atoms with Crippen molar-refractivity contribution >= 4 is 34.8 Å². The molecule has 0 aliphatic rings. The molecule has 0 aliphatic carbocycles. The average Bonchev–Trinajstić information content (AvgIpc) is 2.87. The maximum Gasteiger partial charge on any atom is 0.276 e. The second-order valence-electron chi connectivity index (χ2n) is 3.26. The minimum atomic E-state index is 0.336. The Labute approximate surface area is 113 Å². The predicted octanol–water partition coefficient (Wildman–Crippen LogP) is 1.62. The molecule has 0 saturated heterocycles. The highest BCUT2D eigenvalue weighted by molar-refractivity contribution is 7.98. The molecule has 6 nitrogen and oxygen atoms in total. The summed E-state index contributed by atoms with van der Waals surface area (Å²) in [5.74, 6) is 5.66. The van der Waals surface area contributed by atoms with E-state index in [1.54, 1.807) is 0 Å². The third-order valence-electron chi connectivity index (χ3n) is 2.08. The van der Waals surface area contributed by atoms with Gasteiger partial charge in [-0.1, -0.05) is 17.8 Å². The third kappa shape index (κ3) is 2.97. The molecule has 0 bridgehead atoms. The highest BCUT2D eigenvalue weighted by Crippen LogP contribution is 2.23. The number of nitrogens with zero attached hydrogens (tertiary/aromatic N) is 2. The van der Waals surface area contributed by atoms with Gasteiger partial charge in [0.05, 0.1) is 0 Å². The van der Waals surface area contributed by atoms with Crippen molar-refractivity contribution in [2.45, 2.75) is 5.22 Å². The Morgan fingerprint density at radius 3 is 2.94 bits per heavy atom. The molecule has 1 aromatic carbocycles. The van der Waals surface area contributed by atoms with Crippen molar-refractivity contribution in [2.75, 3.05) is 11.6 Å². The topological polar surface area (TPSA) is 89.0 Å². The van der Waals surface area contributed by atoms with E-state index >= 15 is 0 Å². The normalized spacial score (nSPS) is 10.1. The Morgan fingerprint density at radius 1 is 1.44 bits per heavy atom. The van der Waals surface area contributed by atoms with Crippen molar-refractivity contribution in [3.63, 3.8) is 0 Å². The Morgan fingerprint density at radius 2 is 2.28 bits per heavy atom. The average molecular weight is 281 g/mol. The second kappa shape index (κ2) is 5.80. The summed E-state index contributed by atoms with van der Waals surface area (Å²) >= 11 is 6.32. The number of nitrogens with two attached hydrogens (primary N) is 1. The van der Waals surface area contributed by atoms with E-state index in [1.807, 2.05) is 30.5 Å². The smallest absolute Gasteiger partial charge is 0.276 e. The highest BCUT2D eigenvalue weighted by Gasteiger charge is 2.08. The summed E-state index contributed by atoms with van der Waals surface area (Å²) in [6.45, 7) is 0. The molecule has 0 spiro atoms. The minimum absolute atomic E-state index is 0.336. The standard InChI is InChI=1S/C10H11N5OS2/c1-18-10-15-14-8(16-10)6-3-2-4-7(5-6)12-9(17)13-11/h2-5H,11H2,1H3,(H2,12,13,17). The lowest BCUT2D eigenvalue weighted by Gasteiger charge is -2.07. The largest absolute Gasteiger partial charge is 0.411 e. The van der Waals surface area contributed by atoms with Crippen LogP contribution in [0.2, 0.25) is 0 Å². The Hall–Kier alpha value is -1.64. The molecule has 8 heteroatoms. The molecule has 0 atom stereocenters. The molecule has 0 amide bonds. The van der Waals surface area contributed by atoms with Gasteiger partial charge in [0.1, 0.15) is 0 Å². The fraction of sp³-hybridized carbons (Fsp3) is 0.100. The van der Waals surface area contributed by atoms with Crippen LogP contribution in [0.3, 0.4) is 0 Å². The SMILES string of the molecule is CSc1nnc(-c2cccc(NC(=S)NN)c2)o1. The molecule has 1 aromatic heterocycles. The zero-order valence-corrected chi connectivity index (χ0v) is 11.1. The number of hydrazine groups is 1. The van der Waals surface area contributed by atoms with E-state index in [4.69, 9.17) is 22.5 Å². The van der Waals surface area contributed by atoms with Gasteiger partial charge in [0.2, 0.25) is 5.89 Å². The molecular formula is C10H11N5OS2. The van der Waals surface area contributed by atoms with Gasteiger partial charge in [-0.15, -0.1) is 10.2 Å². The van der Waals surface area contributed by atoms with Crippen LogP contribution in [0.1, 0.15) is 0 Å². The van der Waals surface area contributed by atoms with Crippen LogP contribution in [0.15, 0.2) is 33.9 Å². The first kappa shape index (κ1) is 12.8. The van der Waals surface area contributed by atoms with E-state index in [0.29, 0.717) is 16.2 Å². The fourth-order valence-electron chi connectivity index (χ4n) is 1.31. The molecule has 0 fully saturated rings. The first-order chi connectivity index (χ1) is 8.72. The van der Waals surface area contributed by atoms with Crippen molar-refractivity contribution in [3.05, 3.63) is 24.3 Å². The van der Waals surface area contributed by atoms with Gasteiger partial charge in [-0.2, -0.15) is 0 Å². The number of thioether (sulfide) groups is 1. The van der Waals surface area contributed by atoms with Crippen molar-refractivity contribution in [3.8, 4) is 11.5 Å². The van der Waals surface area contributed by atoms with Crippen LogP contribution >= 0.6 is 24.0 Å². The van der Waals surface area contributed by atoms with Crippen LogP contribution in [-0.2, 0) is 0 Å². The Balaban J connectivity index is 2.23. The van der Waals surface area contributed by atoms with E-state index in [9.17, 15) is 0 Å². The summed E-state index contributed by atoms with van der Waals surface area (Å²) < 4.78 is 5.44. The van der Waals surface area contributed by atoms with Gasteiger partial charge in [0.15, 0.2) is 5.11 Å². The number of hydrogen-bond donors (Lipinski definition) is 3. The fourth-order valence-corrected chi connectivity index (χ4v) is 1.71. The van der Waals surface area contributed by atoms with E-state index < -0.39 is 0 Å². The molecular weight excluding hydrogens is 270 g/mol. The van der Waals surface area contributed by atoms with Crippen LogP contribution in [0.4, 0.5) is 5.69 Å². The van der Waals surface area contributed by atoms with Crippen LogP contribution in [0, 0.1) is 0 Å². The quantitative estimate of drug-likeness (QED) is 0.338. The molecule has 94 valence electrons. The van der Waals surface area contributed by atoms with Gasteiger partial charge in [0.25, 0.3) is 5.22 Å². The van der Waals surface area contributed by atoms with Crippen molar-refractivity contribution in [1.29, 1.82) is 0 Å². The van der Waals surface area contributed by atoms with Crippen LogP contribution < -0.4 is 16.6 Å². The maximum atomic E-state index is 5.44. The lowest BCUT2D eigenvalue weighted by Crippen LogP contribution is -2.34. The summed E-state index contributed by atoms with van der Waals surface area (Å²) in [5.41, 5.74) is 3.96. The van der Waals surface area contributed by atoms with Crippen molar-refractivity contribution in [2.24, 2.45) is 5.84 Å². The molecule has 0 radical (unpaired) electrons. The van der Waals surface area contributed by atoms with Gasteiger partial charge < -0.3 is 15.2 Å². The molecule has 0 saturated carbocycles. The van der Waals surface area contributed by atoms with E-state index in [0.717, 1.165) is 11.3 Å². The summed E-state index contributed by atoms with van der Waals surface area (Å²) in [6.07, 6.45) is 1.88. The third-order valence-corrected chi connectivity index (χ3v) is 2.81. The summed E-state index contributed by atoms with van der Waals surface area (Å²) in [6, 6.07) is 7.45. The Bertz CT molecular complexity index is 557. The van der Waals surface area contributed by atoms with Crippen LogP contribution in [-0.4, -0.2) is 21.6 Å². The number of nitrogens with one attached hydrogen (secondary N) is 2. The predicted molar refractivity (Wildman–Crippen MR) is 75.1 cm³/mol. The lowest BCUT2D eigenvalue weighted by molar-refractivity contribution is 0.466. The molecule has 0 unspecified atom stereocenters. The molecule has 18 heavy (non-hydrogen) atoms. The zero-order chi connectivity index (χ0) is 13.0. The van der Waals surface area contributed by atoms with Gasteiger partial charge in [-0.05, 0) is 36.7 Å². The van der Waals surface area contributed by atoms with E-state index in [-0.39, 0.29) is 0 Å². The second-order valence-corrected chi connectivity index (χ2v) is 4.42. The molecule has 2 aromatic rings. The zero-order valence-electron chi connectivity index (χ0n) is 9.51. The van der Waals surface area contributed by atoms with Crippen molar-refractivity contribution in [1.82, 2.24) is 15.6 Å². The van der Waals surface area contributed by atoms with Gasteiger partial charge in [0, 0.05) is 11.3 Å². The molecule has 1 heterocycles. The number of benzene rings is 1. The summed E-state index contributed by atoms with van der Waals surface area (Å²) in [4.78, 5) is 0. The first-order valence-electron chi connectivity index (χ1n) is 4.98. The van der Waals surface area contributed by atoms with E-state index in [1.165, 1.54) is 11.8 Å². The molecule has 0 aliphatic heterocycles. The Kier molecular flexibility index (Phi) is 4.13. The molecule has 2 rings (SSSR count). The highest BCUT2D eigenvalue weighted by atomic mass is 32.2. The molecule has 4 N–H and O–H groups in total.